The summed E-state index contributed by atoms with van der Waals surface area (Å²) in [6.07, 6.45) is 2.57. The van der Waals surface area contributed by atoms with Crippen molar-refractivity contribution in [1.82, 2.24) is 0 Å². The molecule has 0 saturated heterocycles. The summed E-state index contributed by atoms with van der Waals surface area (Å²) >= 11 is 0. The molecule has 1 unspecified atom stereocenters. The zero-order valence-corrected chi connectivity index (χ0v) is 13.5. The molecule has 0 heterocycles. The van der Waals surface area contributed by atoms with Gasteiger partial charge >= 0.3 is 5.97 Å². The topological polar surface area (TPSA) is 61.5 Å². The lowest BCUT2D eigenvalue weighted by atomic mass is 10.1. The molecule has 0 spiro atoms. The van der Waals surface area contributed by atoms with Crippen LogP contribution >= 0.6 is 0 Å². The van der Waals surface area contributed by atoms with Gasteiger partial charge in [0.1, 0.15) is 17.4 Å². The van der Waals surface area contributed by atoms with Crippen molar-refractivity contribution in [2.24, 2.45) is 5.73 Å². The average Bonchev–Trinajstić information content (AvgIpc) is 2.37. The highest BCUT2D eigenvalue weighted by Gasteiger charge is 2.22. The van der Waals surface area contributed by atoms with Crippen LogP contribution in [0.3, 0.4) is 0 Å². The van der Waals surface area contributed by atoms with Gasteiger partial charge < -0.3 is 15.2 Å². The van der Waals surface area contributed by atoms with E-state index in [2.05, 4.69) is 6.92 Å². The van der Waals surface area contributed by atoms with Crippen molar-refractivity contribution in [1.29, 1.82) is 0 Å². The summed E-state index contributed by atoms with van der Waals surface area (Å²) in [7, 11) is 0. The van der Waals surface area contributed by atoms with E-state index in [1.807, 2.05) is 45.0 Å². The number of hydrogen-bond donors (Lipinski definition) is 1. The third-order valence-electron chi connectivity index (χ3n) is 2.83. The lowest BCUT2D eigenvalue weighted by Crippen LogP contribution is -2.38. The van der Waals surface area contributed by atoms with E-state index < -0.39 is 11.6 Å². The molecule has 1 aromatic carbocycles. The summed E-state index contributed by atoms with van der Waals surface area (Å²) in [6, 6.07) is 7.04. The lowest BCUT2D eigenvalue weighted by Gasteiger charge is -2.22. The molecule has 1 rings (SSSR count). The molecule has 21 heavy (non-hydrogen) atoms. The second-order valence-corrected chi connectivity index (χ2v) is 6.19. The van der Waals surface area contributed by atoms with Gasteiger partial charge in [-0.15, -0.1) is 0 Å². The maximum absolute atomic E-state index is 11.9. The molecule has 0 radical (unpaired) electrons. The van der Waals surface area contributed by atoms with Crippen molar-refractivity contribution in [2.45, 2.75) is 58.6 Å². The van der Waals surface area contributed by atoms with E-state index in [1.54, 1.807) is 0 Å². The van der Waals surface area contributed by atoms with E-state index in [9.17, 15) is 4.79 Å². The Morgan fingerprint density at radius 1 is 1.33 bits per heavy atom. The summed E-state index contributed by atoms with van der Waals surface area (Å²) in [4.78, 5) is 11.9. The number of carbonyl (C=O) groups is 1. The van der Waals surface area contributed by atoms with Gasteiger partial charge in [0.25, 0.3) is 0 Å². The molecule has 0 saturated carbocycles. The molecule has 0 bridgehead atoms. The number of carbonyl (C=O) groups excluding carboxylic acids is 1. The number of benzene rings is 1. The van der Waals surface area contributed by atoms with Crippen molar-refractivity contribution in [2.75, 3.05) is 6.61 Å². The Kier molecular flexibility index (Phi) is 6.69. The third-order valence-corrected chi connectivity index (χ3v) is 2.83. The first-order chi connectivity index (χ1) is 9.81. The summed E-state index contributed by atoms with van der Waals surface area (Å²) in [5.41, 5.74) is 6.37. The second kappa shape index (κ2) is 8.03. The van der Waals surface area contributed by atoms with Crippen molar-refractivity contribution in [3.05, 3.63) is 29.8 Å². The molecule has 0 aromatic heterocycles. The van der Waals surface area contributed by atoms with Crippen LogP contribution in [0.15, 0.2) is 24.3 Å². The number of ether oxygens (including phenoxy) is 2. The highest BCUT2D eigenvalue weighted by atomic mass is 16.6. The average molecular weight is 293 g/mol. The summed E-state index contributed by atoms with van der Waals surface area (Å²) in [5.74, 6) is 0.442. The molecular weight excluding hydrogens is 266 g/mol. The number of unbranched alkanes of at least 4 members (excludes halogenated alkanes) is 1. The van der Waals surface area contributed by atoms with E-state index in [4.69, 9.17) is 15.2 Å². The standard InChI is InChI=1S/C17H27NO3/c1-5-6-10-20-14-9-7-8-13(11-14)12-15(18)16(19)21-17(2,3)4/h7-9,11,15H,5-6,10,12,18H2,1-4H3. The maximum Gasteiger partial charge on any atom is 0.323 e. The van der Waals surface area contributed by atoms with Gasteiger partial charge in [0.2, 0.25) is 0 Å². The SMILES string of the molecule is CCCCOc1cccc(CC(N)C(=O)OC(C)(C)C)c1. The van der Waals surface area contributed by atoms with Crippen LogP contribution in [0.5, 0.6) is 5.75 Å². The Labute approximate surface area is 127 Å². The molecule has 2 N–H and O–H groups in total. The largest absolute Gasteiger partial charge is 0.494 e. The first-order valence-electron chi connectivity index (χ1n) is 7.52. The number of rotatable bonds is 7. The van der Waals surface area contributed by atoms with Crippen molar-refractivity contribution in [3.63, 3.8) is 0 Å². The minimum atomic E-state index is -0.657. The van der Waals surface area contributed by atoms with E-state index >= 15 is 0 Å². The molecule has 1 aromatic rings. The van der Waals surface area contributed by atoms with Crippen LogP contribution in [0.4, 0.5) is 0 Å². The van der Waals surface area contributed by atoms with E-state index in [-0.39, 0.29) is 5.97 Å². The molecule has 0 aliphatic rings. The van der Waals surface area contributed by atoms with E-state index in [0.29, 0.717) is 13.0 Å². The van der Waals surface area contributed by atoms with Gasteiger partial charge in [0.05, 0.1) is 6.61 Å². The predicted molar refractivity (Wildman–Crippen MR) is 84.4 cm³/mol. The summed E-state index contributed by atoms with van der Waals surface area (Å²) in [6.45, 7) is 8.33. The van der Waals surface area contributed by atoms with Gasteiger partial charge in [0.15, 0.2) is 0 Å². The summed E-state index contributed by atoms with van der Waals surface area (Å²) in [5, 5.41) is 0. The van der Waals surface area contributed by atoms with Gasteiger partial charge in [-0.25, -0.2) is 0 Å². The normalized spacial score (nSPS) is 12.8. The van der Waals surface area contributed by atoms with E-state index in [0.717, 1.165) is 24.2 Å². The highest BCUT2D eigenvalue weighted by molar-refractivity contribution is 5.76. The number of esters is 1. The van der Waals surface area contributed by atoms with Crippen LogP contribution < -0.4 is 10.5 Å². The maximum atomic E-state index is 11.9. The number of hydrogen-bond acceptors (Lipinski definition) is 4. The quantitative estimate of drug-likeness (QED) is 0.620. The molecule has 0 aliphatic carbocycles. The molecule has 1 atom stereocenters. The fourth-order valence-corrected chi connectivity index (χ4v) is 1.81. The van der Waals surface area contributed by atoms with Gasteiger partial charge in [-0.2, -0.15) is 0 Å². The zero-order valence-electron chi connectivity index (χ0n) is 13.5. The fourth-order valence-electron chi connectivity index (χ4n) is 1.81. The predicted octanol–water partition coefficient (Wildman–Crippen LogP) is 3.08. The first kappa shape index (κ1) is 17.5. The smallest absolute Gasteiger partial charge is 0.323 e. The van der Waals surface area contributed by atoms with Gasteiger partial charge in [0, 0.05) is 0 Å². The Bertz CT molecular complexity index is 452. The number of nitrogens with two attached hydrogens (primary N) is 1. The van der Waals surface area contributed by atoms with Crippen LogP contribution in [-0.2, 0) is 16.0 Å². The third kappa shape index (κ3) is 7.14. The lowest BCUT2D eigenvalue weighted by molar-refractivity contribution is -0.156. The van der Waals surface area contributed by atoms with E-state index in [1.165, 1.54) is 0 Å². The van der Waals surface area contributed by atoms with Gasteiger partial charge in [-0.1, -0.05) is 25.5 Å². The Hall–Kier alpha value is -1.55. The molecule has 118 valence electrons. The minimum absolute atomic E-state index is 0.375. The van der Waals surface area contributed by atoms with Crippen LogP contribution in [0.25, 0.3) is 0 Å². The van der Waals surface area contributed by atoms with Crippen LogP contribution in [0.2, 0.25) is 0 Å². The minimum Gasteiger partial charge on any atom is -0.494 e. The molecular formula is C17H27NO3. The van der Waals surface area contributed by atoms with Gasteiger partial charge in [-0.05, 0) is 51.3 Å². The van der Waals surface area contributed by atoms with Crippen LogP contribution in [-0.4, -0.2) is 24.2 Å². The molecule has 4 nitrogen and oxygen atoms in total. The Morgan fingerprint density at radius 3 is 2.67 bits per heavy atom. The molecule has 0 fully saturated rings. The zero-order chi connectivity index (χ0) is 15.9. The first-order valence-corrected chi connectivity index (χ1v) is 7.52. The highest BCUT2D eigenvalue weighted by Crippen LogP contribution is 2.16. The molecule has 4 heteroatoms. The van der Waals surface area contributed by atoms with Crippen LogP contribution in [0.1, 0.15) is 46.1 Å². The monoisotopic (exact) mass is 293 g/mol. The van der Waals surface area contributed by atoms with Crippen molar-refractivity contribution < 1.29 is 14.3 Å². The second-order valence-electron chi connectivity index (χ2n) is 6.19. The fraction of sp³-hybridized carbons (Fsp3) is 0.588. The van der Waals surface area contributed by atoms with Gasteiger partial charge in [-0.3, -0.25) is 4.79 Å². The van der Waals surface area contributed by atoms with Crippen LogP contribution in [0, 0.1) is 0 Å². The van der Waals surface area contributed by atoms with Crippen molar-refractivity contribution >= 4 is 5.97 Å². The Morgan fingerprint density at radius 2 is 2.05 bits per heavy atom. The summed E-state index contributed by atoms with van der Waals surface area (Å²) < 4.78 is 10.9. The Balaban J connectivity index is 2.57. The molecule has 0 amide bonds. The molecule has 0 aliphatic heterocycles. The van der Waals surface area contributed by atoms with Crippen molar-refractivity contribution in [3.8, 4) is 5.75 Å².